The third-order valence-electron chi connectivity index (χ3n) is 1.82. The average molecular weight is 250 g/mol. The number of carbonyl (C=O) groups is 1. The molecule has 0 amide bonds. The Hall–Kier alpha value is -0.0900. The zero-order valence-electron chi connectivity index (χ0n) is 8.84. The minimum atomic E-state index is -3.15. The van der Waals surface area contributed by atoms with Gasteiger partial charge in [0, 0.05) is 0 Å². The molecule has 1 heterocycles. The number of hydrogen-bond acceptors (Lipinski definition) is 5. The van der Waals surface area contributed by atoms with E-state index in [1.165, 1.54) is 11.8 Å². The van der Waals surface area contributed by atoms with Gasteiger partial charge < -0.3 is 13.8 Å². The molecule has 1 aliphatic rings. The monoisotopic (exact) mass is 250 g/mol. The van der Waals surface area contributed by atoms with E-state index in [1.54, 1.807) is 19.9 Å². The lowest BCUT2D eigenvalue weighted by atomic mass is 10.3. The second kappa shape index (κ2) is 5.85. The first kappa shape index (κ1) is 13.0. The van der Waals surface area contributed by atoms with Crippen LogP contribution in [0.25, 0.3) is 0 Å². The summed E-state index contributed by atoms with van der Waals surface area (Å²) in [5.74, 6) is 0. The number of carbonyl (C=O) groups excluding carboxylic acids is 1. The molecule has 6 heteroatoms. The molecule has 1 rings (SSSR count). The van der Waals surface area contributed by atoms with Crippen LogP contribution in [-0.2, 0) is 18.4 Å². The van der Waals surface area contributed by atoms with Gasteiger partial charge in [0.1, 0.15) is 6.29 Å². The average Bonchev–Trinajstić information content (AvgIpc) is 2.67. The van der Waals surface area contributed by atoms with Gasteiger partial charge in [-0.15, -0.1) is 11.8 Å². The van der Waals surface area contributed by atoms with Crippen LogP contribution in [0.4, 0.5) is 0 Å². The van der Waals surface area contributed by atoms with Gasteiger partial charge in [-0.25, -0.2) is 0 Å². The summed E-state index contributed by atoms with van der Waals surface area (Å²) in [6, 6.07) is 0. The van der Waals surface area contributed by atoms with Crippen LogP contribution in [0.1, 0.15) is 20.3 Å². The van der Waals surface area contributed by atoms with Gasteiger partial charge in [0.2, 0.25) is 0 Å². The fraction of sp³-hybridized carbons (Fsp3) is 0.667. The maximum absolute atomic E-state index is 12.2. The standard InChI is InChI=1S/C9H15O4PS/c1-3-12-14(11,13-4-2)9-6-5-8(7-10)15-9/h6-8H,3-5H2,1-2H3. The quantitative estimate of drug-likeness (QED) is 0.536. The molecule has 0 radical (unpaired) electrons. The van der Waals surface area contributed by atoms with Crippen molar-refractivity contribution in [3.63, 3.8) is 0 Å². The van der Waals surface area contributed by atoms with E-state index < -0.39 is 7.60 Å². The van der Waals surface area contributed by atoms with Crippen LogP contribution in [0.5, 0.6) is 0 Å². The van der Waals surface area contributed by atoms with Crippen molar-refractivity contribution in [3.05, 3.63) is 10.7 Å². The zero-order valence-corrected chi connectivity index (χ0v) is 10.6. The van der Waals surface area contributed by atoms with E-state index in [0.29, 0.717) is 24.3 Å². The molecule has 0 N–H and O–H groups in total. The smallest absolute Gasteiger partial charge is 0.305 e. The van der Waals surface area contributed by atoms with E-state index >= 15 is 0 Å². The third kappa shape index (κ3) is 3.18. The van der Waals surface area contributed by atoms with E-state index in [-0.39, 0.29) is 5.25 Å². The lowest BCUT2D eigenvalue weighted by molar-refractivity contribution is -0.107. The van der Waals surface area contributed by atoms with Gasteiger partial charge in [0.25, 0.3) is 0 Å². The molecule has 86 valence electrons. The lowest BCUT2D eigenvalue weighted by Gasteiger charge is -2.17. The van der Waals surface area contributed by atoms with Crippen molar-refractivity contribution in [2.24, 2.45) is 0 Å². The summed E-state index contributed by atoms with van der Waals surface area (Å²) in [5.41, 5.74) is 0. The molecule has 0 fully saturated rings. The Morgan fingerprint density at radius 1 is 1.53 bits per heavy atom. The molecule has 0 aromatic heterocycles. The summed E-state index contributed by atoms with van der Waals surface area (Å²) < 4.78 is 23.1. The van der Waals surface area contributed by atoms with Crippen molar-refractivity contribution < 1.29 is 18.4 Å². The molecular formula is C9H15O4PS. The molecule has 15 heavy (non-hydrogen) atoms. The van der Waals surface area contributed by atoms with E-state index in [9.17, 15) is 9.36 Å². The molecule has 0 aliphatic carbocycles. The molecule has 1 unspecified atom stereocenters. The van der Waals surface area contributed by atoms with Crippen LogP contribution in [0, 0.1) is 0 Å². The number of thioether (sulfide) groups is 1. The van der Waals surface area contributed by atoms with Crippen LogP contribution in [0.2, 0.25) is 0 Å². The zero-order chi connectivity index (χ0) is 11.3. The summed E-state index contributed by atoms with van der Waals surface area (Å²) in [6.07, 6.45) is 3.24. The predicted octanol–water partition coefficient (Wildman–Crippen LogP) is 2.80. The Morgan fingerprint density at radius 2 is 2.13 bits per heavy atom. The van der Waals surface area contributed by atoms with Crippen molar-refractivity contribution >= 4 is 25.6 Å². The second-order valence-corrected chi connectivity index (χ2v) is 6.48. The molecule has 4 nitrogen and oxygen atoms in total. The summed E-state index contributed by atoms with van der Waals surface area (Å²) in [6.45, 7) is 4.20. The van der Waals surface area contributed by atoms with Crippen molar-refractivity contribution in [1.82, 2.24) is 0 Å². The Labute approximate surface area is 93.9 Å². The first-order valence-electron chi connectivity index (χ1n) is 4.88. The highest BCUT2D eigenvalue weighted by Crippen LogP contribution is 2.63. The summed E-state index contributed by atoms with van der Waals surface area (Å²) in [7, 11) is -3.15. The maximum Gasteiger partial charge on any atom is 0.367 e. The van der Waals surface area contributed by atoms with Crippen LogP contribution in [0.15, 0.2) is 10.7 Å². The fourth-order valence-corrected chi connectivity index (χ4v) is 4.56. The number of allylic oxidation sites excluding steroid dienone is 1. The van der Waals surface area contributed by atoms with E-state index in [4.69, 9.17) is 9.05 Å². The Morgan fingerprint density at radius 3 is 2.53 bits per heavy atom. The Kier molecular flexibility index (Phi) is 5.06. The molecule has 0 spiro atoms. The Balaban J connectivity index is 2.73. The molecule has 1 aliphatic heterocycles. The minimum Gasteiger partial charge on any atom is -0.305 e. The van der Waals surface area contributed by atoms with Gasteiger partial charge in [-0.2, -0.15) is 0 Å². The number of hydrogen-bond donors (Lipinski definition) is 0. The molecule has 0 aromatic carbocycles. The normalized spacial score (nSPS) is 21.5. The summed E-state index contributed by atoms with van der Waals surface area (Å²) in [4.78, 5) is 10.6. The van der Waals surface area contributed by atoms with Gasteiger partial charge in [-0.3, -0.25) is 4.57 Å². The van der Waals surface area contributed by atoms with Gasteiger partial charge >= 0.3 is 7.60 Å². The highest BCUT2D eigenvalue weighted by molar-refractivity contribution is 8.11. The third-order valence-corrected chi connectivity index (χ3v) is 5.74. The first-order chi connectivity index (χ1) is 7.16. The van der Waals surface area contributed by atoms with Crippen LogP contribution >= 0.6 is 19.4 Å². The van der Waals surface area contributed by atoms with E-state index in [1.807, 2.05) is 0 Å². The molecule has 0 aromatic rings. The first-order valence-corrected chi connectivity index (χ1v) is 7.30. The highest BCUT2D eigenvalue weighted by atomic mass is 32.2. The van der Waals surface area contributed by atoms with Gasteiger partial charge in [0.05, 0.1) is 23.1 Å². The van der Waals surface area contributed by atoms with Crippen molar-refractivity contribution in [2.45, 2.75) is 25.5 Å². The molecule has 0 bridgehead atoms. The topological polar surface area (TPSA) is 52.6 Å². The SMILES string of the molecule is CCOP(=O)(OCC)C1=CCC(C=O)S1. The molecule has 0 saturated carbocycles. The van der Waals surface area contributed by atoms with Crippen LogP contribution < -0.4 is 0 Å². The van der Waals surface area contributed by atoms with Crippen molar-refractivity contribution in [3.8, 4) is 0 Å². The lowest BCUT2D eigenvalue weighted by Crippen LogP contribution is -1.99. The number of rotatable bonds is 6. The molecule has 1 atom stereocenters. The van der Waals surface area contributed by atoms with Gasteiger partial charge in [-0.05, 0) is 20.3 Å². The fourth-order valence-electron chi connectivity index (χ4n) is 1.23. The Bertz CT molecular complexity index is 292. The van der Waals surface area contributed by atoms with Gasteiger partial charge in [0.15, 0.2) is 0 Å². The van der Waals surface area contributed by atoms with Crippen LogP contribution in [-0.4, -0.2) is 24.7 Å². The second-order valence-electron chi connectivity index (χ2n) is 2.90. The number of aldehydes is 1. The summed E-state index contributed by atoms with van der Waals surface area (Å²) in [5, 5.41) is -0.144. The maximum atomic E-state index is 12.2. The summed E-state index contributed by atoms with van der Waals surface area (Å²) >= 11 is 1.28. The van der Waals surface area contributed by atoms with Crippen molar-refractivity contribution in [2.75, 3.05) is 13.2 Å². The predicted molar refractivity (Wildman–Crippen MR) is 61.0 cm³/mol. The minimum absolute atomic E-state index is 0.144. The van der Waals surface area contributed by atoms with Gasteiger partial charge in [-0.1, -0.05) is 6.08 Å². The molecule has 0 saturated heterocycles. The molecular weight excluding hydrogens is 235 g/mol. The van der Waals surface area contributed by atoms with Crippen molar-refractivity contribution in [1.29, 1.82) is 0 Å². The van der Waals surface area contributed by atoms with E-state index in [0.717, 1.165) is 6.29 Å². The highest BCUT2D eigenvalue weighted by Gasteiger charge is 2.34. The van der Waals surface area contributed by atoms with E-state index in [2.05, 4.69) is 0 Å². The largest absolute Gasteiger partial charge is 0.367 e. The van der Waals surface area contributed by atoms with Crippen LogP contribution in [0.3, 0.4) is 0 Å².